The summed E-state index contributed by atoms with van der Waals surface area (Å²) in [6.45, 7) is 2.24. The summed E-state index contributed by atoms with van der Waals surface area (Å²) < 4.78 is 23.5. The SMILES string of the molecule is CCOC(=O)C1CCOc2ccc(F)cc2C1O. The zero-order valence-electron chi connectivity index (χ0n) is 10.1. The highest BCUT2D eigenvalue weighted by Crippen LogP contribution is 2.36. The van der Waals surface area contributed by atoms with E-state index < -0.39 is 23.8 Å². The van der Waals surface area contributed by atoms with Gasteiger partial charge in [0.25, 0.3) is 0 Å². The average Bonchev–Trinajstić information content (AvgIpc) is 2.50. The number of esters is 1. The molecule has 5 heteroatoms. The number of halogens is 1. The first-order valence-electron chi connectivity index (χ1n) is 5.90. The fourth-order valence-electron chi connectivity index (χ4n) is 2.05. The molecule has 4 nitrogen and oxygen atoms in total. The number of ether oxygens (including phenoxy) is 2. The third-order valence-electron chi connectivity index (χ3n) is 2.95. The molecule has 0 spiro atoms. The third-order valence-corrected chi connectivity index (χ3v) is 2.95. The second-order valence-corrected chi connectivity index (χ2v) is 4.12. The Balaban J connectivity index is 2.30. The summed E-state index contributed by atoms with van der Waals surface area (Å²) in [6.07, 6.45) is -0.756. The number of hydrogen-bond acceptors (Lipinski definition) is 4. The van der Waals surface area contributed by atoms with Crippen LogP contribution < -0.4 is 4.74 Å². The Hall–Kier alpha value is -1.62. The quantitative estimate of drug-likeness (QED) is 0.818. The van der Waals surface area contributed by atoms with Gasteiger partial charge in [0.05, 0.1) is 25.2 Å². The Kier molecular flexibility index (Phi) is 3.81. The zero-order chi connectivity index (χ0) is 13.1. The first-order valence-corrected chi connectivity index (χ1v) is 5.90. The van der Waals surface area contributed by atoms with Crippen LogP contribution in [0.3, 0.4) is 0 Å². The third kappa shape index (κ3) is 2.46. The summed E-state index contributed by atoms with van der Waals surface area (Å²) in [5, 5.41) is 10.2. The Morgan fingerprint density at radius 3 is 3.11 bits per heavy atom. The number of rotatable bonds is 2. The molecule has 0 saturated carbocycles. The van der Waals surface area contributed by atoms with Crippen molar-refractivity contribution in [3.05, 3.63) is 29.6 Å². The van der Waals surface area contributed by atoms with Crippen molar-refractivity contribution in [2.24, 2.45) is 5.92 Å². The topological polar surface area (TPSA) is 55.8 Å². The Labute approximate surface area is 104 Å². The highest BCUT2D eigenvalue weighted by Gasteiger charge is 2.33. The molecule has 1 aliphatic heterocycles. The monoisotopic (exact) mass is 254 g/mol. The Morgan fingerprint density at radius 1 is 1.61 bits per heavy atom. The highest BCUT2D eigenvalue weighted by atomic mass is 19.1. The predicted molar refractivity (Wildman–Crippen MR) is 61.6 cm³/mol. The summed E-state index contributed by atoms with van der Waals surface area (Å²) in [5.74, 6) is -1.25. The van der Waals surface area contributed by atoms with Crippen molar-refractivity contribution in [3.8, 4) is 5.75 Å². The van der Waals surface area contributed by atoms with Gasteiger partial charge in [0.1, 0.15) is 11.6 Å². The molecule has 0 saturated heterocycles. The van der Waals surface area contributed by atoms with Crippen LogP contribution >= 0.6 is 0 Å². The number of carbonyl (C=O) groups excluding carboxylic acids is 1. The van der Waals surface area contributed by atoms with Crippen LogP contribution in [0.15, 0.2) is 18.2 Å². The van der Waals surface area contributed by atoms with E-state index in [1.54, 1.807) is 6.92 Å². The molecule has 2 unspecified atom stereocenters. The van der Waals surface area contributed by atoms with Crippen LogP contribution in [0.2, 0.25) is 0 Å². The van der Waals surface area contributed by atoms with Crippen molar-refractivity contribution in [1.29, 1.82) is 0 Å². The largest absolute Gasteiger partial charge is 0.493 e. The lowest BCUT2D eigenvalue weighted by atomic mass is 9.93. The van der Waals surface area contributed by atoms with E-state index in [9.17, 15) is 14.3 Å². The molecule has 0 fully saturated rings. The normalized spacial score (nSPS) is 22.6. The van der Waals surface area contributed by atoms with Crippen LogP contribution in [0.4, 0.5) is 4.39 Å². The first-order chi connectivity index (χ1) is 8.63. The smallest absolute Gasteiger partial charge is 0.312 e. The van der Waals surface area contributed by atoms with Gasteiger partial charge >= 0.3 is 5.97 Å². The minimum absolute atomic E-state index is 0.249. The molecule has 1 N–H and O–H groups in total. The highest BCUT2D eigenvalue weighted by molar-refractivity contribution is 5.73. The van der Waals surface area contributed by atoms with Gasteiger partial charge in [-0.1, -0.05) is 0 Å². The van der Waals surface area contributed by atoms with Gasteiger partial charge in [0.15, 0.2) is 0 Å². The van der Waals surface area contributed by atoms with Gasteiger partial charge in [-0.3, -0.25) is 4.79 Å². The molecule has 0 bridgehead atoms. The van der Waals surface area contributed by atoms with Crippen molar-refractivity contribution in [3.63, 3.8) is 0 Å². The van der Waals surface area contributed by atoms with Gasteiger partial charge in [0, 0.05) is 5.56 Å². The van der Waals surface area contributed by atoms with E-state index in [1.807, 2.05) is 0 Å². The molecule has 0 aromatic heterocycles. The lowest BCUT2D eigenvalue weighted by molar-refractivity contribution is -0.152. The van der Waals surface area contributed by atoms with Gasteiger partial charge in [0.2, 0.25) is 0 Å². The van der Waals surface area contributed by atoms with Crippen molar-refractivity contribution >= 4 is 5.97 Å². The minimum atomic E-state index is -1.10. The molecular weight excluding hydrogens is 239 g/mol. The number of benzene rings is 1. The molecule has 1 heterocycles. The van der Waals surface area contributed by atoms with Crippen LogP contribution in [0.25, 0.3) is 0 Å². The fourth-order valence-corrected chi connectivity index (χ4v) is 2.05. The molecule has 0 aliphatic carbocycles. The molecular formula is C13H15FO4. The van der Waals surface area contributed by atoms with Gasteiger partial charge in [-0.25, -0.2) is 4.39 Å². The average molecular weight is 254 g/mol. The summed E-state index contributed by atoms with van der Waals surface area (Å²) in [6, 6.07) is 3.91. The van der Waals surface area contributed by atoms with Crippen LogP contribution in [-0.4, -0.2) is 24.3 Å². The minimum Gasteiger partial charge on any atom is -0.493 e. The Morgan fingerprint density at radius 2 is 2.39 bits per heavy atom. The maximum absolute atomic E-state index is 13.2. The van der Waals surface area contributed by atoms with E-state index in [4.69, 9.17) is 9.47 Å². The number of hydrogen-bond donors (Lipinski definition) is 1. The first kappa shape index (κ1) is 12.8. The van der Waals surface area contributed by atoms with Crippen molar-refractivity contribution < 1.29 is 23.8 Å². The number of aliphatic hydroxyl groups excluding tert-OH is 1. The van der Waals surface area contributed by atoms with E-state index in [0.29, 0.717) is 24.3 Å². The van der Waals surface area contributed by atoms with Gasteiger partial charge < -0.3 is 14.6 Å². The number of carbonyl (C=O) groups is 1. The van der Waals surface area contributed by atoms with Crippen LogP contribution in [-0.2, 0) is 9.53 Å². The molecule has 1 aromatic rings. The molecule has 98 valence electrons. The molecule has 18 heavy (non-hydrogen) atoms. The molecule has 2 atom stereocenters. The standard InChI is InChI=1S/C13H15FO4/c1-2-17-13(16)9-5-6-18-11-4-3-8(14)7-10(11)12(9)15/h3-4,7,9,12,15H,2,5-6H2,1H3. The van der Waals surface area contributed by atoms with E-state index in [-0.39, 0.29) is 6.61 Å². The maximum atomic E-state index is 13.2. The summed E-state index contributed by atoms with van der Waals surface area (Å²) in [7, 11) is 0. The van der Waals surface area contributed by atoms with E-state index >= 15 is 0 Å². The lowest BCUT2D eigenvalue weighted by Gasteiger charge is -2.18. The molecule has 2 rings (SSSR count). The van der Waals surface area contributed by atoms with Crippen molar-refractivity contribution in [1.82, 2.24) is 0 Å². The van der Waals surface area contributed by atoms with Gasteiger partial charge in [-0.05, 0) is 31.5 Å². The van der Waals surface area contributed by atoms with E-state index in [2.05, 4.69) is 0 Å². The van der Waals surface area contributed by atoms with Crippen molar-refractivity contribution in [2.45, 2.75) is 19.4 Å². The van der Waals surface area contributed by atoms with Crippen LogP contribution in [0.5, 0.6) is 5.75 Å². The van der Waals surface area contributed by atoms with Gasteiger partial charge in [-0.2, -0.15) is 0 Å². The maximum Gasteiger partial charge on any atom is 0.312 e. The fraction of sp³-hybridized carbons (Fsp3) is 0.462. The zero-order valence-corrected chi connectivity index (χ0v) is 10.1. The van der Waals surface area contributed by atoms with Crippen LogP contribution in [0.1, 0.15) is 25.0 Å². The van der Waals surface area contributed by atoms with Gasteiger partial charge in [-0.15, -0.1) is 0 Å². The van der Waals surface area contributed by atoms with Crippen LogP contribution in [0, 0.1) is 11.7 Å². The molecule has 0 radical (unpaired) electrons. The van der Waals surface area contributed by atoms with Crippen molar-refractivity contribution in [2.75, 3.05) is 13.2 Å². The number of fused-ring (bicyclic) bond motifs is 1. The summed E-state index contributed by atoms with van der Waals surface area (Å²) in [4.78, 5) is 11.7. The number of aliphatic hydroxyl groups is 1. The molecule has 1 aromatic carbocycles. The summed E-state index contributed by atoms with van der Waals surface area (Å²) >= 11 is 0. The molecule has 1 aliphatic rings. The van der Waals surface area contributed by atoms with E-state index in [0.717, 1.165) is 0 Å². The molecule has 0 amide bonds. The van der Waals surface area contributed by atoms with E-state index in [1.165, 1.54) is 18.2 Å². The lowest BCUT2D eigenvalue weighted by Crippen LogP contribution is -2.24. The second kappa shape index (κ2) is 5.35. The summed E-state index contributed by atoms with van der Waals surface area (Å²) in [5.41, 5.74) is 0.297. The second-order valence-electron chi connectivity index (χ2n) is 4.12. The predicted octanol–water partition coefficient (Wildman–Crippen LogP) is 1.82. The Bertz CT molecular complexity index is 447.